The van der Waals surface area contributed by atoms with Gasteiger partial charge in [0, 0.05) is 5.92 Å². The second-order valence-corrected chi connectivity index (χ2v) is 8.33. The number of carbonyl (C=O) groups excluding carboxylic acids is 1. The molecule has 0 aromatic heterocycles. The maximum absolute atomic E-state index is 13.8. The number of hydrogen-bond donors (Lipinski definition) is 2. The molecule has 3 aromatic carbocycles. The summed E-state index contributed by atoms with van der Waals surface area (Å²) in [6.07, 6.45) is -6.84. The fourth-order valence-corrected chi connectivity index (χ4v) is 4.39. The summed E-state index contributed by atoms with van der Waals surface area (Å²) in [5.74, 6) is -5.27. The molecule has 0 spiro atoms. The SMILES string of the molecule is O=C(N[C@@H](CCc1cc(F)c(C(F)(F)F)c(F)c1)C(=O)O)OCC1c2ccccc2-c2ccccc21. The van der Waals surface area contributed by atoms with Crippen LogP contribution in [0.5, 0.6) is 0 Å². The predicted octanol–water partition coefficient (Wildman–Crippen LogP) is 5.91. The van der Waals surface area contributed by atoms with Crippen LogP contribution in [0.15, 0.2) is 60.7 Å². The van der Waals surface area contributed by atoms with Crippen LogP contribution < -0.4 is 5.32 Å². The molecule has 5 nitrogen and oxygen atoms in total. The summed E-state index contributed by atoms with van der Waals surface area (Å²) in [5, 5.41) is 11.6. The van der Waals surface area contributed by atoms with Crippen LogP contribution in [0, 0.1) is 11.6 Å². The molecular weight excluding hydrogens is 485 g/mol. The molecule has 1 aliphatic rings. The molecule has 0 radical (unpaired) electrons. The van der Waals surface area contributed by atoms with Crippen molar-refractivity contribution >= 4 is 12.1 Å². The van der Waals surface area contributed by atoms with Crippen LogP contribution in [0.4, 0.5) is 26.7 Å². The van der Waals surface area contributed by atoms with Crippen LogP contribution in [0.3, 0.4) is 0 Å². The highest BCUT2D eigenvalue weighted by Gasteiger charge is 2.38. The number of rotatable bonds is 7. The molecule has 0 heterocycles. The summed E-state index contributed by atoms with van der Waals surface area (Å²) >= 11 is 0. The number of alkyl carbamates (subject to hydrolysis) is 1. The number of nitrogens with one attached hydrogen (secondary N) is 1. The zero-order valence-corrected chi connectivity index (χ0v) is 18.6. The summed E-state index contributed by atoms with van der Waals surface area (Å²) in [6, 6.07) is 14.8. The molecule has 3 aromatic rings. The number of fused-ring (bicyclic) bond motifs is 3. The quantitative estimate of drug-likeness (QED) is 0.392. The van der Waals surface area contributed by atoms with E-state index in [1.165, 1.54) is 0 Å². The van der Waals surface area contributed by atoms with Crippen LogP contribution >= 0.6 is 0 Å². The third-order valence-corrected chi connectivity index (χ3v) is 6.04. The smallest absolute Gasteiger partial charge is 0.422 e. The predicted molar refractivity (Wildman–Crippen MR) is 119 cm³/mol. The van der Waals surface area contributed by atoms with Gasteiger partial charge in [0.25, 0.3) is 0 Å². The van der Waals surface area contributed by atoms with Crippen molar-refractivity contribution < 1.29 is 41.4 Å². The van der Waals surface area contributed by atoms with E-state index in [0.29, 0.717) is 12.1 Å². The third-order valence-electron chi connectivity index (χ3n) is 6.04. The molecule has 1 aliphatic carbocycles. The molecule has 4 rings (SSSR count). The first kappa shape index (κ1) is 25.2. The lowest BCUT2D eigenvalue weighted by atomic mass is 9.98. The number of hydrogen-bond acceptors (Lipinski definition) is 3. The van der Waals surface area contributed by atoms with Gasteiger partial charge in [0.1, 0.15) is 29.8 Å². The Morgan fingerprint density at radius 3 is 1.97 bits per heavy atom. The molecule has 0 fully saturated rings. The van der Waals surface area contributed by atoms with Gasteiger partial charge >= 0.3 is 18.2 Å². The third kappa shape index (κ3) is 5.17. The summed E-state index contributed by atoms with van der Waals surface area (Å²) < 4.78 is 71.1. The monoisotopic (exact) mass is 505 g/mol. The first-order valence-corrected chi connectivity index (χ1v) is 11.0. The van der Waals surface area contributed by atoms with Crippen molar-refractivity contribution in [2.45, 2.75) is 31.0 Å². The van der Waals surface area contributed by atoms with Crippen LogP contribution in [-0.4, -0.2) is 29.8 Å². The zero-order valence-electron chi connectivity index (χ0n) is 18.6. The molecule has 0 aliphatic heterocycles. The Hall–Kier alpha value is -3.95. The minimum absolute atomic E-state index is 0.0540. The number of halogens is 5. The highest BCUT2D eigenvalue weighted by atomic mass is 19.4. The molecule has 0 unspecified atom stereocenters. The van der Waals surface area contributed by atoms with E-state index in [1.54, 1.807) is 0 Å². The number of amides is 1. The zero-order chi connectivity index (χ0) is 26.0. The van der Waals surface area contributed by atoms with Gasteiger partial charge in [0.05, 0.1) is 0 Å². The molecule has 36 heavy (non-hydrogen) atoms. The maximum Gasteiger partial charge on any atom is 0.422 e. The van der Waals surface area contributed by atoms with Crippen molar-refractivity contribution in [1.82, 2.24) is 5.32 Å². The van der Waals surface area contributed by atoms with Crippen molar-refractivity contribution in [3.05, 3.63) is 94.6 Å². The average Bonchev–Trinajstić information content (AvgIpc) is 3.12. The van der Waals surface area contributed by atoms with Crippen molar-refractivity contribution in [3.8, 4) is 11.1 Å². The molecule has 0 saturated heterocycles. The fourth-order valence-electron chi connectivity index (χ4n) is 4.39. The van der Waals surface area contributed by atoms with Crippen LogP contribution in [0.2, 0.25) is 0 Å². The molecule has 2 N–H and O–H groups in total. The van der Waals surface area contributed by atoms with E-state index < -0.39 is 41.5 Å². The van der Waals surface area contributed by atoms with Crippen LogP contribution in [0.1, 0.15) is 34.6 Å². The van der Waals surface area contributed by atoms with E-state index in [1.807, 2.05) is 48.5 Å². The maximum atomic E-state index is 13.8. The van der Waals surface area contributed by atoms with Crippen LogP contribution in [0.25, 0.3) is 11.1 Å². The Kier molecular flexibility index (Phi) is 6.96. The highest BCUT2D eigenvalue weighted by Crippen LogP contribution is 2.44. The van der Waals surface area contributed by atoms with E-state index in [0.717, 1.165) is 22.3 Å². The lowest BCUT2D eigenvalue weighted by Crippen LogP contribution is -2.41. The first-order valence-electron chi connectivity index (χ1n) is 11.0. The molecule has 1 atom stereocenters. The number of aryl methyl sites for hydroxylation is 1. The number of aliphatic carboxylic acids is 1. The van der Waals surface area contributed by atoms with Crippen molar-refractivity contribution in [2.75, 3.05) is 6.61 Å². The van der Waals surface area contributed by atoms with E-state index in [9.17, 15) is 36.6 Å². The molecule has 1 amide bonds. The molecule has 188 valence electrons. The van der Waals surface area contributed by atoms with Gasteiger partial charge in [-0.25, -0.2) is 18.4 Å². The number of carboxylic acid groups (broad SMARTS) is 1. The highest BCUT2D eigenvalue weighted by molar-refractivity contribution is 5.81. The van der Waals surface area contributed by atoms with E-state index in [4.69, 9.17) is 4.74 Å². The normalized spacial score (nSPS) is 13.6. The number of carboxylic acids is 1. The molecular formula is C26H20F5NO4. The average molecular weight is 505 g/mol. The molecule has 0 bridgehead atoms. The van der Waals surface area contributed by atoms with Crippen molar-refractivity contribution in [3.63, 3.8) is 0 Å². The van der Waals surface area contributed by atoms with E-state index >= 15 is 0 Å². The second kappa shape index (κ2) is 9.96. The largest absolute Gasteiger partial charge is 0.480 e. The van der Waals surface area contributed by atoms with Crippen LogP contribution in [-0.2, 0) is 22.1 Å². The van der Waals surface area contributed by atoms with Crippen molar-refractivity contribution in [1.29, 1.82) is 0 Å². The molecule has 10 heteroatoms. The number of benzene rings is 3. The van der Waals surface area contributed by atoms with Gasteiger partial charge in [-0.1, -0.05) is 48.5 Å². The van der Waals surface area contributed by atoms with E-state index in [-0.39, 0.29) is 30.9 Å². The number of carbonyl (C=O) groups is 2. The lowest BCUT2D eigenvalue weighted by molar-refractivity contribution is -0.142. The lowest BCUT2D eigenvalue weighted by Gasteiger charge is -2.18. The van der Waals surface area contributed by atoms with Gasteiger partial charge in [0.15, 0.2) is 0 Å². The summed E-state index contributed by atoms with van der Waals surface area (Å²) in [4.78, 5) is 24.0. The van der Waals surface area contributed by atoms with Gasteiger partial charge in [-0.3, -0.25) is 0 Å². The Morgan fingerprint density at radius 2 is 1.47 bits per heavy atom. The standard InChI is InChI=1S/C26H20F5NO4/c27-20-11-14(12-21(28)23(20)26(29,30)31)9-10-22(24(33)34)32-25(35)36-13-19-17-7-3-1-5-15(17)16-6-2-4-8-18(16)19/h1-8,11-12,19,22H,9-10,13H2,(H,32,35)(H,33,34)/t22-/m0/s1. The Morgan fingerprint density at radius 1 is 0.944 bits per heavy atom. The first-order chi connectivity index (χ1) is 17.1. The molecule has 0 saturated carbocycles. The Labute approximate surface area is 202 Å². The van der Waals surface area contributed by atoms with Gasteiger partial charge in [-0.05, 0) is 52.8 Å². The Balaban J connectivity index is 1.39. The number of ether oxygens (including phenoxy) is 1. The summed E-state index contributed by atoms with van der Waals surface area (Å²) in [5.41, 5.74) is 1.76. The summed E-state index contributed by atoms with van der Waals surface area (Å²) in [6.45, 7) is -0.0540. The number of alkyl halides is 3. The summed E-state index contributed by atoms with van der Waals surface area (Å²) in [7, 11) is 0. The van der Waals surface area contributed by atoms with Gasteiger partial charge in [-0.15, -0.1) is 0 Å². The van der Waals surface area contributed by atoms with E-state index in [2.05, 4.69) is 5.32 Å². The fraction of sp³-hybridized carbons (Fsp3) is 0.231. The Bertz CT molecular complexity index is 1240. The topological polar surface area (TPSA) is 75.6 Å². The van der Waals surface area contributed by atoms with Gasteiger partial charge < -0.3 is 15.2 Å². The minimum Gasteiger partial charge on any atom is -0.480 e. The minimum atomic E-state index is -5.21. The van der Waals surface area contributed by atoms with Crippen molar-refractivity contribution in [2.24, 2.45) is 0 Å². The second-order valence-electron chi connectivity index (χ2n) is 8.33. The van der Waals surface area contributed by atoms with Gasteiger partial charge in [0.2, 0.25) is 0 Å². The van der Waals surface area contributed by atoms with Gasteiger partial charge in [-0.2, -0.15) is 13.2 Å².